The van der Waals surface area contributed by atoms with Gasteiger partial charge in [-0.1, -0.05) is 6.07 Å². The number of carbonyl (C=O) groups is 1. The second-order valence-corrected chi connectivity index (χ2v) is 7.58. The highest BCUT2D eigenvalue weighted by Gasteiger charge is 2.33. The highest BCUT2D eigenvalue weighted by Crippen LogP contribution is 2.36. The third kappa shape index (κ3) is 5.37. The number of aromatic nitrogens is 2. The Morgan fingerprint density at radius 2 is 2.13 bits per heavy atom. The van der Waals surface area contributed by atoms with E-state index >= 15 is 0 Å². The Morgan fingerprint density at radius 1 is 1.32 bits per heavy atom. The average Bonchev–Trinajstić information content (AvgIpc) is 3.04. The lowest BCUT2D eigenvalue weighted by atomic mass is 10.0. The smallest absolute Gasteiger partial charge is 0.262 e. The van der Waals surface area contributed by atoms with Gasteiger partial charge < -0.3 is 30.3 Å². The van der Waals surface area contributed by atoms with Gasteiger partial charge in [-0.05, 0) is 32.0 Å². The summed E-state index contributed by atoms with van der Waals surface area (Å²) in [5, 5.41) is 13.2. The Bertz CT molecular complexity index is 1000. The molecule has 0 aromatic carbocycles. The van der Waals surface area contributed by atoms with Gasteiger partial charge in [0.1, 0.15) is 23.6 Å². The summed E-state index contributed by atoms with van der Waals surface area (Å²) < 4.78 is 16.6. The molecule has 2 aromatic rings. The Morgan fingerprint density at radius 3 is 2.84 bits per heavy atom. The first-order valence-corrected chi connectivity index (χ1v) is 9.88. The minimum absolute atomic E-state index is 0.178. The van der Waals surface area contributed by atoms with E-state index in [0.717, 1.165) is 5.56 Å². The van der Waals surface area contributed by atoms with E-state index in [1.807, 2.05) is 13.8 Å². The number of ether oxygens (including phenoxy) is 3. The van der Waals surface area contributed by atoms with E-state index in [0.29, 0.717) is 41.6 Å². The molecule has 1 aliphatic heterocycles. The fraction of sp³-hybridized carbons (Fsp3) is 0.364. The maximum atomic E-state index is 13.1. The van der Waals surface area contributed by atoms with Crippen LogP contribution in [0.2, 0.25) is 0 Å². The second-order valence-electron chi connectivity index (χ2n) is 7.58. The third-order valence-corrected chi connectivity index (χ3v) is 4.53. The molecule has 3 N–H and O–H groups in total. The van der Waals surface area contributed by atoms with Gasteiger partial charge in [-0.15, -0.1) is 0 Å². The summed E-state index contributed by atoms with van der Waals surface area (Å²) >= 11 is 0. The Hall–Kier alpha value is -3.46. The molecule has 1 aliphatic rings. The summed E-state index contributed by atoms with van der Waals surface area (Å²) in [4.78, 5) is 22.0. The summed E-state index contributed by atoms with van der Waals surface area (Å²) in [6.07, 6.45) is 3.49. The molecule has 31 heavy (non-hydrogen) atoms. The second kappa shape index (κ2) is 9.57. The van der Waals surface area contributed by atoms with Gasteiger partial charge in [-0.25, -0.2) is 4.98 Å². The molecule has 0 saturated heterocycles. The van der Waals surface area contributed by atoms with Crippen LogP contribution >= 0.6 is 0 Å². The number of carbonyl (C=O) groups excluding carboxylic acids is 1. The summed E-state index contributed by atoms with van der Waals surface area (Å²) in [5.41, 5.74) is 1.88. The SMILES string of the molecule is CN/C=C(\C=N)c1cccc(NC(=O)c2cc3c(nc2OCCOC)OC(C)(C)C3)n1. The Labute approximate surface area is 181 Å². The van der Waals surface area contributed by atoms with Crippen LogP contribution in [0, 0.1) is 5.41 Å². The summed E-state index contributed by atoms with van der Waals surface area (Å²) in [6, 6.07) is 6.96. The van der Waals surface area contributed by atoms with Crippen molar-refractivity contribution in [2.75, 3.05) is 32.7 Å². The minimum atomic E-state index is -0.397. The van der Waals surface area contributed by atoms with Crippen molar-refractivity contribution >= 4 is 23.5 Å². The lowest BCUT2D eigenvalue weighted by molar-refractivity contribution is 0.101. The third-order valence-electron chi connectivity index (χ3n) is 4.53. The summed E-state index contributed by atoms with van der Waals surface area (Å²) in [7, 11) is 3.31. The quantitative estimate of drug-likeness (QED) is 0.417. The van der Waals surface area contributed by atoms with Crippen molar-refractivity contribution in [2.45, 2.75) is 25.9 Å². The molecular formula is C22H27N5O4. The van der Waals surface area contributed by atoms with Gasteiger partial charge in [0.05, 0.1) is 12.3 Å². The number of nitrogens with one attached hydrogen (secondary N) is 3. The first kappa shape index (κ1) is 22.2. The fourth-order valence-corrected chi connectivity index (χ4v) is 3.18. The first-order chi connectivity index (χ1) is 14.9. The maximum absolute atomic E-state index is 13.1. The van der Waals surface area contributed by atoms with E-state index in [1.54, 1.807) is 44.6 Å². The van der Waals surface area contributed by atoms with Crippen LogP contribution in [0.5, 0.6) is 11.8 Å². The zero-order valence-corrected chi connectivity index (χ0v) is 18.1. The normalized spacial score (nSPS) is 14.4. The molecule has 0 fully saturated rings. The summed E-state index contributed by atoms with van der Waals surface area (Å²) in [5.74, 6) is 0.608. The lowest BCUT2D eigenvalue weighted by Crippen LogP contribution is -2.24. The molecule has 9 nitrogen and oxygen atoms in total. The Kier molecular flexibility index (Phi) is 6.86. The van der Waals surface area contributed by atoms with E-state index in [9.17, 15) is 4.79 Å². The molecule has 0 atom stereocenters. The Balaban J connectivity index is 1.89. The van der Waals surface area contributed by atoms with Crippen LogP contribution in [0.25, 0.3) is 5.57 Å². The molecule has 9 heteroatoms. The zero-order chi connectivity index (χ0) is 22.4. The standard InChI is InChI=1S/C22H27N5O4/c1-22(2)11-14-10-16(21(27-20(14)31-22)30-9-8-29-4)19(28)26-18-7-5-6-17(25-18)15(12-23)13-24-3/h5-7,10,12-13,23-24H,8-9,11H2,1-4H3,(H,25,26,28)/b15-13+,23-12?. The van der Waals surface area contributed by atoms with Crippen LogP contribution in [0.15, 0.2) is 30.5 Å². The number of methoxy groups -OCH3 is 1. The molecule has 3 rings (SSSR count). The monoisotopic (exact) mass is 425 g/mol. The molecule has 3 heterocycles. The minimum Gasteiger partial charge on any atom is -0.475 e. The molecule has 0 unspecified atom stereocenters. The van der Waals surface area contributed by atoms with Gasteiger partial charge in [0.15, 0.2) is 0 Å². The molecule has 164 valence electrons. The molecular weight excluding hydrogens is 398 g/mol. The van der Waals surface area contributed by atoms with Gasteiger partial charge in [0, 0.05) is 44.1 Å². The van der Waals surface area contributed by atoms with Crippen molar-refractivity contribution in [1.82, 2.24) is 15.3 Å². The number of pyridine rings is 2. The highest BCUT2D eigenvalue weighted by atomic mass is 16.5. The van der Waals surface area contributed by atoms with Gasteiger partial charge in [0.2, 0.25) is 11.8 Å². The molecule has 0 radical (unpaired) electrons. The highest BCUT2D eigenvalue weighted by molar-refractivity contribution is 6.08. The number of anilines is 1. The number of rotatable bonds is 9. The van der Waals surface area contributed by atoms with E-state index in [-0.39, 0.29) is 12.5 Å². The largest absolute Gasteiger partial charge is 0.475 e. The number of hydrogen-bond donors (Lipinski definition) is 3. The van der Waals surface area contributed by atoms with Gasteiger partial charge >= 0.3 is 0 Å². The van der Waals surface area contributed by atoms with Crippen LogP contribution in [-0.4, -0.2) is 55.1 Å². The van der Waals surface area contributed by atoms with Crippen molar-refractivity contribution in [3.63, 3.8) is 0 Å². The zero-order valence-electron chi connectivity index (χ0n) is 18.1. The van der Waals surface area contributed by atoms with Crippen molar-refractivity contribution in [3.05, 3.63) is 47.3 Å². The van der Waals surface area contributed by atoms with Gasteiger partial charge in [-0.3, -0.25) is 4.79 Å². The van der Waals surface area contributed by atoms with Crippen LogP contribution in [0.4, 0.5) is 5.82 Å². The van der Waals surface area contributed by atoms with Crippen LogP contribution in [0.3, 0.4) is 0 Å². The predicted molar refractivity (Wildman–Crippen MR) is 118 cm³/mol. The first-order valence-electron chi connectivity index (χ1n) is 9.88. The number of amides is 1. The van der Waals surface area contributed by atoms with E-state index in [4.69, 9.17) is 19.6 Å². The predicted octanol–water partition coefficient (Wildman–Crippen LogP) is 2.68. The van der Waals surface area contributed by atoms with Crippen molar-refractivity contribution in [2.24, 2.45) is 0 Å². The molecule has 0 bridgehead atoms. The number of nitrogens with zero attached hydrogens (tertiary/aromatic N) is 2. The maximum Gasteiger partial charge on any atom is 0.262 e. The van der Waals surface area contributed by atoms with E-state index in [1.165, 1.54) is 6.21 Å². The van der Waals surface area contributed by atoms with E-state index in [2.05, 4.69) is 20.6 Å². The molecule has 1 amide bonds. The average molecular weight is 425 g/mol. The van der Waals surface area contributed by atoms with Gasteiger partial charge in [0.25, 0.3) is 5.91 Å². The van der Waals surface area contributed by atoms with Crippen LogP contribution < -0.4 is 20.1 Å². The molecule has 2 aromatic heterocycles. The molecule has 0 saturated carbocycles. The van der Waals surface area contributed by atoms with E-state index < -0.39 is 11.5 Å². The fourth-order valence-electron chi connectivity index (χ4n) is 3.18. The summed E-state index contributed by atoms with van der Waals surface area (Å²) in [6.45, 7) is 4.54. The number of allylic oxidation sites excluding steroid dienone is 1. The van der Waals surface area contributed by atoms with Crippen LogP contribution in [-0.2, 0) is 11.2 Å². The number of hydrogen-bond acceptors (Lipinski definition) is 8. The topological polar surface area (TPSA) is 118 Å². The lowest BCUT2D eigenvalue weighted by Gasteiger charge is -2.16. The van der Waals surface area contributed by atoms with Gasteiger partial charge in [-0.2, -0.15) is 4.98 Å². The van der Waals surface area contributed by atoms with Crippen molar-refractivity contribution < 1.29 is 19.0 Å². The van der Waals surface area contributed by atoms with Crippen molar-refractivity contribution in [1.29, 1.82) is 5.41 Å². The van der Waals surface area contributed by atoms with Crippen molar-refractivity contribution in [3.8, 4) is 11.8 Å². The molecule has 0 spiro atoms. The number of fused-ring (bicyclic) bond motifs is 1. The molecule has 0 aliphatic carbocycles. The van der Waals surface area contributed by atoms with Crippen LogP contribution in [0.1, 0.15) is 35.5 Å².